The van der Waals surface area contributed by atoms with Gasteiger partial charge in [-0.15, -0.1) is 0 Å². The summed E-state index contributed by atoms with van der Waals surface area (Å²) in [6.45, 7) is 4.58. The number of amides is 1. The molecule has 4 nitrogen and oxygen atoms in total. The topological polar surface area (TPSA) is 55.6 Å². The Kier molecular flexibility index (Phi) is 6.38. The molecule has 0 unspecified atom stereocenters. The number of nitrogens with two attached hydrogens (primary N) is 1. The van der Waals surface area contributed by atoms with Gasteiger partial charge in [0.05, 0.1) is 22.8 Å². The molecule has 0 aliphatic carbocycles. The Hall–Kier alpha value is -0.330. The molecule has 0 bridgehead atoms. The molecule has 1 saturated heterocycles. The number of nitrogens with zero attached hydrogens (tertiary/aromatic N) is 1. The van der Waals surface area contributed by atoms with E-state index < -0.39 is 0 Å². The van der Waals surface area contributed by atoms with Crippen LogP contribution in [0, 0.1) is 0 Å². The lowest BCUT2D eigenvalue weighted by Gasteiger charge is -2.40. The summed E-state index contributed by atoms with van der Waals surface area (Å²) in [6, 6.07) is 0. The van der Waals surface area contributed by atoms with E-state index in [-0.39, 0.29) is 10.7 Å². The van der Waals surface area contributed by atoms with Crippen LogP contribution in [0.25, 0.3) is 0 Å². The van der Waals surface area contributed by atoms with Crippen molar-refractivity contribution in [3.05, 3.63) is 0 Å². The summed E-state index contributed by atoms with van der Waals surface area (Å²) < 4.78 is 5.08. The van der Waals surface area contributed by atoms with Gasteiger partial charge in [0.1, 0.15) is 0 Å². The lowest BCUT2D eigenvalue weighted by atomic mass is 9.95. The Balaban J connectivity index is 2.43. The Labute approximate surface area is 119 Å². The molecule has 1 heterocycles. The van der Waals surface area contributed by atoms with E-state index in [0.29, 0.717) is 24.6 Å². The number of likely N-dealkylation sites (tertiary alicyclic amines) is 1. The summed E-state index contributed by atoms with van der Waals surface area (Å²) >= 11 is 6.86. The van der Waals surface area contributed by atoms with E-state index in [1.807, 2.05) is 18.1 Å². The van der Waals surface area contributed by atoms with Crippen molar-refractivity contribution in [3.8, 4) is 0 Å². The number of piperidine rings is 1. The van der Waals surface area contributed by atoms with Crippen LogP contribution in [-0.2, 0) is 9.53 Å². The van der Waals surface area contributed by atoms with Gasteiger partial charge in [0, 0.05) is 19.7 Å². The zero-order valence-electron chi connectivity index (χ0n) is 11.1. The van der Waals surface area contributed by atoms with Crippen molar-refractivity contribution >= 4 is 34.9 Å². The molecular weight excluding hydrogens is 268 g/mol. The van der Waals surface area contributed by atoms with Gasteiger partial charge in [-0.05, 0) is 26.0 Å². The monoisotopic (exact) mass is 290 g/mol. The third-order valence-corrected chi connectivity index (χ3v) is 5.36. The molecule has 1 fully saturated rings. The molecule has 1 rings (SSSR count). The van der Waals surface area contributed by atoms with Crippen LogP contribution in [0.1, 0.15) is 26.2 Å². The fourth-order valence-corrected chi connectivity index (χ4v) is 3.38. The second-order valence-corrected chi connectivity index (χ2v) is 6.02. The second kappa shape index (κ2) is 7.31. The maximum Gasteiger partial charge on any atom is 0.224 e. The van der Waals surface area contributed by atoms with Gasteiger partial charge in [0.2, 0.25) is 5.91 Å². The van der Waals surface area contributed by atoms with E-state index in [1.165, 1.54) is 0 Å². The molecule has 0 saturated carbocycles. The summed E-state index contributed by atoms with van der Waals surface area (Å²) in [4.78, 5) is 14.4. The van der Waals surface area contributed by atoms with Crippen LogP contribution in [0.4, 0.5) is 0 Å². The number of carbonyl (C=O) groups excluding carboxylic acids is 1. The SMILES string of the molecule is CCOCCC(=O)N1CCC(SC)(C(N)=S)CC1. The van der Waals surface area contributed by atoms with E-state index in [1.54, 1.807) is 11.8 Å². The highest BCUT2D eigenvalue weighted by Crippen LogP contribution is 2.35. The molecule has 1 aliphatic heterocycles. The first kappa shape index (κ1) is 15.7. The maximum absolute atomic E-state index is 11.9. The summed E-state index contributed by atoms with van der Waals surface area (Å²) in [5.41, 5.74) is 5.82. The third kappa shape index (κ3) is 3.83. The van der Waals surface area contributed by atoms with Gasteiger partial charge >= 0.3 is 0 Å². The van der Waals surface area contributed by atoms with E-state index in [0.717, 1.165) is 25.9 Å². The lowest BCUT2D eigenvalue weighted by molar-refractivity contribution is -0.133. The highest BCUT2D eigenvalue weighted by atomic mass is 32.2. The molecule has 0 radical (unpaired) electrons. The molecule has 0 aromatic carbocycles. The van der Waals surface area contributed by atoms with Crippen LogP contribution >= 0.6 is 24.0 Å². The largest absolute Gasteiger partial charge is 0.392 e. The minimum atomic E-state index is -0.119. The van der Waals surface area contributed by atoms with Gasteiger partial charge in [0.15, 0.2) is 0 Å². The van der Waals surface area contributed by atoms with Crippen molar-refractivity contribution in [1.29, 1.82) is 0 Å². The van der Waals surface area contributed by atoms with Crippen molar-refractivity contribution in [2.24, 2.45) is 5.73 Å². The number of carbonyl (C=O) groups is 1. The van der Waals surface area contributed by atoms with Gasteiger partial charge in [-0.25, -0.2) is 0 Å². The first-order valence-corrected chi connectivity index (χ1v) is 7.89. The zero-order chi connectivity index (χ0) is 13.6. The lowest BCUT2D eigenvalue weighted by Crippen LogP contribution is -2.50. The highest BCUT2D eigenvalue weighted by Gasteiger charge is 2.37. The van der Waals surface area contributed by atoms with Gasteiger partial charge in [-0.3, -0.25) is 4.79 Å². The highest BCUT2D eigenvalue weighted by molar-refractivity contribution is 8.02. The minimum absolute atomic E-state index is 0.119. The average molecular weight is 290 g/mol. The van der Waals surface area contributed by atoms with Crippen LogP contribution in [0.5, 0.6) is 0 Å². The smallest absolute Gasteiger partial charge is 0.224 e. The Morgan fingerprint density at radius 1 is 1.50 bits per heavy atom. The summed E-state index contributed by atoms with van der Waals surface area (Å²) in [5, 5.41) is 0. The molecule has 1 aliphatic rings. The predicted octanol–water partition coefficient (Wildman–Crippen LogP) is 1.42. The van der Waals surface area contributed by atoms with Crippen LogP contribution in [0.15, 0.2) is 0 Å². The number of hydrogen-bond acceptors (Lipinski definition) is 4. The summed E-state index contributed by atoms with van der Waals surface area (Å²) in [7, 11) is 0. The van der Waals surface area contributed by atoms with Crippen molar-refractivity contribution < 1.29 is 9.53 Å². The molecule has 2 N–H and O–H groups in total. The fraction of sp³-hybridized carbons (Fsp3) is 0.833. The van der Waals surface area contributed by atoms with E-state index in [4.69, 9.17) is 22.7 Å². The minimum Gasteiger partial charge on any atom is -0.392 e. The molecular formula is C12H22N2O2S2. The number of hydrogen-bond donors (Lipinski definition) is 1. The Morgan fingerprint density at radius 2 is 2.11 bits per heavy atom. The van der Waals surface area contributed by atoms with Crippen LogP contribution in [0.3, 0.4) is 0 Å². The summed E-state index contributed by atoms with van der Waals surface area (Å²) in [6.07, 6.45) is 4.20. The van der Waals surface area contributed by atoms with Crippen molar-refractivity contribution in [2.75, 3.05) is 32.6 Å². The molecule has 1 amide bonds. The normalized spacial score (nSPS) is 18.7. The Morgan fingerprint density at radius 3 is 2.56 bits per heavy atom. The predicted molar refractivity (Wildman–Crippen MR) is 80.0 cm³/mol. The van der Waals surface area contributed by atoms with Crippen LogP contribution < -0.4 is 5.73 Å². The second-order valence-electron chi connectivity index (χ2n) is 4.39. The molecule has 0 aromatic rings. The van der Waals surface area contributed by atoms with E-state index in [9.17, 15) is 4.79 Å². The van der Waals surface area contributed by atoms with Gasteiger partial charge in [-0.1, -0.05) is 12.2 Å². The maximum atomic E-state index is 11.9. The number of thiocarbonyl (C=S) groups is 1. The zero-order valence-corrected chi connectivity index (χ0v) is 12.7. The summed E-state index contributed by atoms with van der Waals surface area (Å²) in [5.74, 6) is 0.168. The molecule has 0 aromatic heterocycles. The number of rotatable bonds is 6. The van der Waals surface area contributed by atoms with Crippen molar-refractivity contribution in [1.82, 2.24) is 4.90 Å². The average Bonchev–Trinajstić information content (AvgIpc) is 2.38. The van der Waals surface area contributed by atoms with Crippen LogP contribution in [0.2, 0.25) is 0 Å². The van der Waals surface area contributed by atoms with E-state index in [2.05, 4.69) is 0 Å². The molecule has 0 spiro atoms. The van der Waals surface area contributed by atoms with E-state index >= 15 is 0 Å². The quantitative estimate of drug-likeness (QED) is 0.592. The van der Waals surface area contributed by atoms with Gasteiger partial charge in [0.25, 0.3) is 0 Å². The molecule has 104 valence electrons. The number of thioether (sulfide) groups is 1. The number of ether oxygens (including phenoxy) is 1. The van der Waals surface area contributed by atoms with Gasteiger partial charge in [-0.2, -0.15) is 11.8 Å². The first-order chi connectivity index (χ1) is 8.55. The molecule has 18 heavy (non-hydrogen) atoms. The molecule has 6 heteroatoms. The van der Waals surface area contributed by atoms with Gasteiger partial charge < -0.3 is 15.4 Å². The fourth-order valence-electron chi connectivity index (χ4n) is 2.13. The third-order valence-electron chi connectivity index (χ3n) is 3.43. The van der Waals surface area contributed by atoms with Crippen molar-refractivity contribution in [2.45, 2.75) is 30.9 Å². The molecule has 0 atom stereocenters. The first-order valence-electron chi connectivity index (χ1n) is 6.26. The van der Waals surface area contributed by atoms with Crippen molar-refractivity contribution in [3.63, 3.8) is 0 Å². The Bertz CT molecular complexity index is 302. The van der Waals surface area contributed by atoms with Crippen LogP contribution in [-0.4, -0.2) is 53.1 Å². The standard InChI is InChI=1S/C12H22N2O2S2/c1-3-16-9-4-10(15)14-7-5-12(18-2,6-8-14)11(13)17/h3-9H2,1-2H3,(H2,13,17).